The van der Waals surface area contributed by atoms with Gasteiger partial charge in [0.2, 0.25) is 0 Å². The molecule has 0 radical (unpaired) electrons. The van der Waals surface area contributed by atoms with Crippen molar-refractivity contribution < 1.29 is 9.31 Å². The summed E-state index contributed by atoms with van der Waals surface area (Å²) in [7, 11) is 0. The first-order valence-corrected chi connectivity index (χ1v) is 7.13. The number of benzodiazepines with no additional fused rings is 1. The fraction of sp³-hybridized carbons (Fsp3) is 0.0625. The molecule has 23 heavy (non-hydrogen) atoms. The average molecular weight is 332 g/mol. The summed E-state index contributed by atoms with van der Waals surface area (Å²) >= 11 is 6.04. The Morgan fingerprint density at radius 2 is 2.04 bits per heavy atom. The summed E-state index contributed by atoms with van der Waals surface area (Å²) in [5, 5.41) is 14.1. The summed E-state index contributed by atoms with van der Waals surface area (Å²) in [4.78, 5) is 14.5. The summed E-state index contributed by atoms with van der Waals surface area (Å²) < 4.78 is 14.2. The lowest BCUT2D eigenvalue weighted by atomic mass is 10.00. The minimum Gasteiger partial charge on any atom is -0.352 e. The molecule has 3 rings (SSSR count). The fourth-order valence-electron chi connectivity index (χ4n) is 2.37. The van der Waals surface area contributed by atoms with Gasteiger partial charge in [0.15, 0.2) is 0 Å². The predicted molar refractivity (Wildman–Crippen MR) is 87.1 cm³/mol. The van der Waals surface area contributed by atoms with Crippen LogP contribution in [0.1, 0.15) is 11.1 Å². The number of rotatable bonds is 2. The number of aliphatic imine (C=N–C) groups is 1. The van der Waals surface area contributed by atoms with Gasteiger partial charge in [0.25, 0.3) is 6.20 Å². The number of benzene rings is 2. The van der Waals surface area contributed by atoms with E-state index in [1.807, 2.05) is 0 Å². The molecule has 1 aliphatic heterocycles. The van der Waals surface area contributed by atoms with Gasteiger partial charge in [-0.05, 0) is 30.3 Å². The van der Waals surface area contributed by atoms with E-state index in [1.54, 1.807) is 36.4 Å². The highest BCUT2D eigenvalue weighted by Gasteiger charge is 2.20. The molecule has 5 nitrogen and oxygen atoms in total. The molecule has 0 saturated heterocycles. The van der Waals surface area contributed by atoms with Gasteiger partial charge in [0.1, 0.15) is 11.5 Å². The van der Waals surface area contributed by atoms with Crippen LogP contribution in [0, 0.1) is 15.9 Å². The van der Waals surface area contributed by atoms with Gasteiger partial charge in [-0.3, -0.25) is 15.1 Å². The monoisotopic (exact) mass is 331 g/mol. The normalized spacial score (nSPS) is 15.4. The minimum atomic E-state index is -0.554. The Balaban J connectivity index is 2.19. The SMILES string of the molecule is O=[N+]([O-])/C=C1/CN=C(c2ccccc2F)c2cc(Cl)ccc2N1. The van der Waals surface area contributed by atoms with Gasteiger partial charge in [-0.25, -0.2) is 4.39 Å². The van der Waals surface area contributed by atoms with Crippen molar-refractivity contribution in [1.29, 1.82) is 0 Å². The number of anilines is 1. The molecule has 0 aromatic heterocycles. The number of fused-ring (bicyclic) bond motifs is 1. The first kappa shape index (κ1) is 15.2. The van der Waals surface area contributed by atoms with Gasteiger partial charge in [-0.15, -0.1) is 0 Å². The van der Waals surface area contributed by atoms with E-state index in [4.69, 9.17) is 11.6 Å². The number of hydrogen-bond donors (Lipinski definition) is 1. The summed E-state index contributed by atoms with van der Waals surface area (Å²) in [5.74, 6) is -0.418. The van der Waals surface area contributed by atoms with Crippen LogP contribution in [0.5, 0.6) is 0 Å². The maximum atomic E-state index is 14.2. The van der Waals surface area contributed by atoms with Gasteiger partial charge in [-0.2, -0.15) is 0 Å². The number of nitro groups is 1. The van der Waals surface area contributed by atoms with Crippen molar-refractivity contribution in [2.75, 3.05) is 11.9 Å². The molecule has 1 N–H and O–H groups in total. The van der Waals surface area contributed by atoms with Crippen LogP contribution >= 0.6 is 11.6 Å². The Labute approximate surface area is 136 Å². The summed E-state index contributed by atoms with van der Waals surface area (Å²) in [6, 6.07) is 11.2. The van der Waals surface area contributed by atoms with Crippen LogP contribution < -0.4 is 5.32 Å². The lowest BCUT2D eigenvalue weighted by Crippen LogP contribution is -2.07. The minimum absolute atomic E-state index is 0.0386. The van der Waals surface area contributed by atoms with Crippen molar-refractivity contribution in [3.8, 4) is 0 Å². The molecule has 7 heteroatoms. The number of halogens is 2. The Hall–Kier alpha value is -2.73. The molecular formula is C16H11ClFN3O2. The van der Waals surface area contributed by atoms with Crippen molar-refractivity contribution in [3.05, 3.63) is 86.4 Å². The standard InChI is InChI=1S/C16H11ClFN3O2/c17-10-5-6-15-13(7-10)16(12-3-1-2-4-14(12)18)19-8-11(20-15)9-21(22)23/h1-7,9,20H,8H2/b11-9-. The molecular weight excluding hydrogens is 321 g/mol. The Kier molecular flexibility index (Phi) is 4.08. The maximum Gasteiger partial charge on any atom is 0.255 e. The molecule has 2 aromatic carbocycles. The largest absolute Gasteiger partial charge is 0.352 e. The second-order valence-corrected chi connectivity index (χ2v) is 5.34. The molecule has 1 aliphatic rings. The first-order chi connectivity index (χ1) is 11.0. The number of nitrogens with one attached hydrogen (secondary N) is 1. The quantitative estimate of drug-likeness (QED) is 0.671. The molecule has 0 fully saturated rings. The smallest absolute Gasteiger partial charge is 0.255 e. The Bertz CT molecular complexity index is 849. The van der Waals surface area contributed by atoms with E-state index in [0.29, 0.717) is 33.2 Å². The van der Waals surface area contributed by atoms with Crippen LogP contribution in [0.4, 0.5) is 10.1 Å². The highest BCUT2D eigenvalue weighted by molar-refractivity contribution is 6.31. The lowest BCUT2D eigenvalue weighted by molar-refractivity contribution is -0.403. The topological polar surface area (TPSA) is 67.5 Å². The third kappa shape index (κ3) is 3.22. The van der Waals surface area contributed by atoms with E-state index < -0.39 is 10.7 Å². The first-order valence-electron chi connectivity index (χ1n) is 6.75. The van der Waals surface area contributed by atoms with E-state index in [1.165, 1.54) is 6.07 Å². The van der Waals surface area contributed by atoms with E-state index >= 15 is 0 Å². The van der Waals surface area contributed by atoms with Crippen LogP contribution in [-0.4, -0.2) is 17.2 Å². The van der Waals surface area contributed by atoms with Crippen LogP contribution in [-0.2, 0) is 0 Å². The molecule has 0 amide bonds. The van der Waals surface area contributed by atoms with Crippen molar-refractivity contribution >= 4 is 23.0 Å². The second kappa shape index (κ2) is 6.18. The van der Waals surface area contributed by atoms with Gasteiger partial charge < -0.3 is 5.32 Å². The molecule has 116 valence electrons. The van der Waals surface area contributed by atoms with Crippen LogP contribution in [0.3, 0.4) is 0 Å². The van der Waals surface area contributed by atoms with Crippen molar-refractivity contribution in [1.82, 2.24) is 0 Å². The fourth-order valence-corrected chi connectivity index (χ4v) is 2.54. The highest BCUT2D eigenvalue weighted by Crippen LogP contribution is 2.28. The third-order valence-electron chi connectivity index (χ3n) is 3.33. The molecule has 0 unspecified atom stereocenters. The van der Waals surface area contributed by atoms with Gasteiger partial charge in [0, 0.05) is 21.8 Å². The van der Waals surface area contributed by atoms with E-state index in [2.05, 4.69) is 10.3 Å². The zero-order valence-corrected chi connectivity index (χ0v) is 12.5. The zero-order chi connectivity index (χ0) is 16.4. The van der Waals surface area contributed by atoms with Crippen molar-refractivity contribution in [2.45, 2.75) is 0 Å². The van der Waals surface area contributed by atoms with Gasteiger partial charge in [-0.1, -0.05) is 23.7 Å². The molecule has 0 bridgehead atoms. The van der Waals surface area contributed by atoms with Crippen molar-refractivity contribution in [3.63, 3.8) is 0 Å². The summed E-state index contributed by atoms with van der Waals surface area (Å²) in [6.07, 6.45) is 0.853. The molecule has 2 aromatic rings. The lowest BCUT2D eigenvalue weighted by Gasteiger charge is -2.11. The number of nitrogens with zero attached hydrogens (tertiary/aromatic N) is 2. The van der Waals surface area contributed by atoms with Crippen LogP contribution in [0.25, 0.3) is 0 Å². The molecule has 0 aliphatic carbocycles. The average Bonchev–Trinajstić information content (AvgIpc) is 2.66. The highest BCUT2D eigenvalue weighted by atomic mass is 35.5. The van der Waals surface area contributed by atoms with E-state index in [0.717, 1.165) is 6.20 Å². The Morgan fingerprint density at radius 3 is 2.78 bits per heavy atom. The third-order valence-corrected chi connectivity index (χ3v) is 3.56. The van der Waals surface area contributed by atoms with Gasteiger partial charge in [0.05, 0.1) is 17.2 Å². The van der Waals surface area contributed by atoms with Crippen molar-refractivity contribution in [2.24, 2.45) is 4.99 Å². The maximum absolute atomic E-state index is 14.2. The summed E-state index contributed by atoms with van der Waals surface area (Å²) in [5.41, 5.74) is 2.21. The van der Waals surface area contributed by atoms with Crippen LogP contribution in [0.2, 0.25) is 5.02 Å². The Morgan fingerprint density at radius 1 is 1.26 bits per heavy atom. The molecule has 0 spiro atoms. The number of hydrogen-bond acceptors (Lipinski definition) is 4. The molecule has 1 heterocycles. The van der Waals surface area contributed by atoms with E-state index in [9.17, 15) is 14.5 Å². The zero-order valence-electron chi connectivity index (χ0n) is 11.8. The second-order valence-electron chi connectivity index (χ2n) is 4.90. The predicted octanol–water partition coefficient (Wildman–Crippen LogP) is 3.86. The van der Waals surface area contributed by atoms with Crippen LogP contribution in [0.15, 0.2) is 59.4 Å². The van der Waals surface area contributed by atoms with Gasteiger partial charge >= 0.3 is 0 Å². The van der Waals surface area contributed by atoms with E-state index in [-0.39, 0.29) is 6.54 Å². The summed E-state index contributed by atoms with van der Waals surface area (Å²) in [6.45, 7) is 0.0386. The molecule has 0 atom stereocenters. The molecule has 0 saturated carbocycles.